The lowest BCUT2D eigenvalue weighted by Crippen LogP contribution is -2.17. The van der Waals surface area contributed by atoms with Crippen LogP contribution in [0.15, 0.2) is 38.2 Å². The maximum Gasteiger partial charge on any atom is 0.354 e. The van der Waals surface area contributed by atoms with Crippen LogP contribution in [0.5, 0.6) is 0 Å². The number of benzene rings is 1. The Kier molecular flexibility index (Phi) is 6.88. The lowest BCUT2D eigenvalue weighted by atomic mass is 10.2. The summed E-state index contributed by atoms with van der Waals surface area (Å²) in [6, 6.07) is 5.51. The van der Waals surface area contributed by atoms with Crippen LogP contribution in [0.3, 0.4) is 0 Å². The van der Waals surface area contributed by atoms with Gasteiger partial charge in [0.05, 0.1) is 9.10 Å². The number of halogens is 1. The first kappa shape index (κ1) is 22.8. The molecule has 0 unspecified atom stereocenters. The number of hydrogen-bond donors (Lipinski definition) is 1. The van der Waals surface area contributed by atoms with Crippen LogP contribution in [0.1, 0.15) is 36.4 Å². The highest BCUT2D eigenvalue weighted by Gasteiger charge is 2.26. The fraction of sp³-hybridized carbons (Fsp3) is 0.400. The average Bonchev–Trinajstić information content (AvgIpc) is 3.01. The Morgan fingerprint density at radius 3 is 2.50 bits per heavy atom. The van der Waals surface area contributed by atoms with E-state index in [-0.39, 0.29) is 10.7 Å². The molecule has 0 atom stereocenters. The van der Waals surface area contributed by atoms with E-state index in [0.29, 0.717) is 17.2 Å². The van der Waals surface area contributed by atoms with Gasteiger partial charge in [0, 0.05) is 10.6 Å². The van der Waals surface area contributed by atoms with E-state index >= 15 is 0 Å². The minimum atomic E-state index is -3.98. The molecule has 0 fully saturated rings. The van der Waals surface area contributed by atoms with Gasteiger partial charge in [0.25, 0.3) is 10.0 Å². The van der Waals surface area contributed by atoms with E-state index in [1.54, 1.807) is 11.8 Å². The number of nitrogens with one attached hydrogen (secondary N) is 1. The number of rotatable bonds is 8. The number of aryl methyl sites for hydroxylation is 1. The van der Waals surface area contributed by atoms with Gasteiger partial charge in [-0.15, -0.1) is 23.1 Å². The Bertz CT molecular complexity index is 1170. The minimum Gasteiger partial charge on any atom is -0.261 e. The van der Waals surface area contributed by atoms with Crippen molar-refractivity contribution < 1.29 is 12.8 Å². The summed E-state index contributed by atoms with van der Waals surface area (Å²) in [5.41, 5.74) is 1.08. The number of alkyl halides is 1. The molecule has 1 aromatic rings. The second-order valence-electron chi connectivity index (χ2n) is 7.37. The van der Waals surface area contributed by atoms with Gasteiger partial charge >= 0.3 is 5.69 Å². The molecular formula is C20H24FN3O3S3. The summed E-state index contributed by atoms with van der Waals surface area (Å²) < 4.78 is 43.2. The molecule has 2 heterocycles. The van der Waals surface area contributed by atoms with Gasteiger partial charge in [-0.05, 0) is 49.6 Å². The summed E-state index contributed by atoms with van der Waals surface area (Å²) in [5, 5.41) is 0. The third-order valence-corrected chi connectivity index (χ3v) is 8.51. The third kappa shape index (κ3) is 4.70. The van der Waals surface area contributed by atoms with Crippen LogP contribution in [0, 0.1) is 19.8 Å². The lowest BCUT2D eigenvalue weighted by molar-refractivity contribution is 0.485. The Hall–Kier alpha value is -1.91. The quantitative estimate of drug-likeness (QED) is 0.481. The van der Waals surface area contributed by atoms with E-state index in [4.69, 9.17) is 0 Å². The molecule has 0 bridgehead atoms. The first-order valence-corrected chi connectivity index (χ1v) is 12.8. The monoisotopic (exact) mass is 469 g/mol. The van der Waals surface area contributed by atoms with Crippen LogP contribution < -0.4 is 10.4 Å². The standard InChI is InChI=1S/C20H24FN3O3S3/c1-12(2)9-10-28-19-17-18(22-20(25)24(17)13(3)14(4)29-19)23-30(26,27)16-7-5-15(11-21)6-8-16/h5-8,12H,9-11H2,1-4H3,(H,22,23,25). The van der Waals surface area contributed by atoms with Crippen molar-refractivity contribution in [3.8, 4) is 5.69 Å². The van der Waals surface area contributed by atoms with Gasteiger partial charge in [-0.2, -0.15) is 4.98 Å². The highest BCUT2D eigenvalue weighted by molar-refractivity contribution is 8.01. The number of imidazole rings is 1. The normalized spacial score (nSPS) is 12.1. The minimum absolute atomic E-state index is 0.0148. The zero-order valence-corrected chi connectivity index (χ0v) is 19.7. The molecule has 0 radical (unpaired) electrons. The van der Waals surface area contributed by atoms with Gasteiger partial charge < -0.3 is 0 Å². The Morgan fingerprint density at radius 1 is 1.23 bits per heavy atom. The number of nitrogens with zero attached hydrogens (tertiary/aromatic N) is 2. The molecule has 2 aliphatic heterocycles. The van der Waals surface area contributed by atoms with Crippen LogP contribution in [0.2, 0.25) is 0 Å². The van der Waals surface area contributed by atoms with Crippen molar-refractivity contribution in [2.75, 3.05) is 10.5 Å². The maximum absolute atomic E-state index is 12.9. The molecule has 0 amide bonds. The number of fused-ring (bicyclic) bond motifs is 1. The van der Waals surface area contributed by atoms with Crippen LogP contribution in [-0.2, 0) is 16.7 Å². The predicted octanol–water partition coefficient (Wildman–Crippen LogP) is 4.76. The van der Waals surface area contributed by atoms with E-state index in [1.165, 1.54) is 40.2 Å². The Labute approximate surface area is 183 Å². The number of thioether (sulfide) groups is 1. The number of anilines is 1. The molecule has 0 saturated carbocycles. The molecule has 0 saturated heterocycles. The number of aromatic nitrogens is 2. The summed E-state index contributed by atoms with van der Waals surface area (Å²) >= 11 is 3.12. The molecule has 0 spiro atoms. The van der Waals surface area contributed by atoms with Crippen LogP contribution in [0.25, 0.3) is 5.69 Å². The van der Waals surface area contributed by atoms with E-state index in [9.17, 15) is 17.6 Å². The van der Waals surface area contributed by atoms with Crippen molar-refractivity contribution >= 4 is 38.9 Å². The molecule has 1 aromatic carbocycles. The van der Waals surface area contributed by atoms with Gasteiger partial charge in [0.1, 0.15) is 12.4 Å². The zero-order valence-electron chi connectivity index (χ0n) is 17.2. The van der Waals surface area contributed by atoms with Crippen molar-refractivity contribution in [2.24, 2.45) is 5.92 Å². The fourth-order valence-electron chi connectivity index (χ4n) is 2.82. The molecule has 10 heteroatoms. The molecule has 1 N–H and O–H groups in total. The third-order valence-electron chi connectivity index (χ3n) is 4.68. The molecule has 6 nitrogen and oxygen atoms in total. The van der Waals surface area contributed by atoms with E-state index in [0.717, 1.165) is 27.0 Å². The van der Waals surface area contributed by atoms with E-state index in [1.807, 2.05) is 13.8 Å². The maximum atomic E-state index is 12.9. The van der Waals surface area contributed by atoms with Gasteiger partial charge in [0.2, 0.25) is 0 Å². The molecule has 0 aromatic heterocycles. The fourth-order valence-corrected chi connectivity index (χ4v) is 6.59. The van der Waals surface area contributed by atoms with Gasteiger partial charge in [-0.25, -0.2) is 17.6 Å². The molecule has 0 aliphatic carbocycles. The second-order valence-corrected chi connectivity index (χ2v) is 11.6. The van der Waals surface area contributed by atoms with E-state index < -0.39 is 22.4 Å². The van der Waals surface area contributed by atoms with Crippen molar-refractivity contribution in [3.05, 3.63) is 50.9 Å². The predicted molar refractivity (Wildman–Crippen MR) is 121 cm³/mol. The van der Waals surface area contributed by atoms with Crippen LogP contribution in [0.4, 0.5) is 10.2 Å². The summed E-state index contributed by atoms with van der Waals surface area (Å²) in [7, 11) is -3.98. The zero-order chi connectivity index (χ0) is 22.1. The molecule has 162 valence electrons. The van der Waals surface area contributed by atoms with Crippen molar-refractivity contribution in [2.45, 2.75) is 49.9 Å². The molecule has 2 aliphatic rings. The van der Waals surface area contributed by atoms with E-state index in [2.05, 4.69) is 23.6 Å². The topological polar surface area (TPSA) is 81.1 Å². The number of sulfonamides is 1. The molecule has 30 heavy (non-hydrogen) atoms. The highest BCUT2D eigenvalue weighted by Crippen LogP contribution is 2.38. The molecule has 3 rings (SSSR count). The lowest BCUT2D eigenvalue weighted by Gasteiger charge is -2.16. The summed E-state index contributed by atoms with van der Waals surface area (Å²) in [4.78, 5) is 17.5. The van der Waals surface area contributed by atoms with Crippen LogP contribution >= 0.6 is 23.1 Å². The Balaban J connectivity index is 2.04. The average molecular weight is 470 g/mol. The van der Waals surface area contributed by atoms with Gasteiger partial charge in [0.15, 0.2) is 5.82 Å². The largest absolute Gasteiger partial charge is 0.354 e. The van der Waals surface area contributed by atoms with Crippen molar-refractivity contribution in [1.29, 1.82) is 0 Å². The Morgan fingerprint density at radius 2 is 1.90 bits per heavy atom. The first-order valence-electron chi connectivity index (χ1n) is 9.47. The summed E-state index contributed by atoms with van der Waals surface area (Å²) in [5.74, 6) is 1.40. The van der Waals surface area contributed by atoms with Gasteiger partial charge in [-0.1, -0.05) is 26.0 Å². The SMILES string of the molecule is Cc1sc(SCCC(C)C)c2c(NS(=O)(=O)c3ccc(CF)cc3)nc(=O)n-2c1C. The molecular weight excluding hydrogens is 445 g/mol. The number of hydrogen-bond acceptors (Lipinski definition) is 6. The summed E-state index contributed by atoms with van der Waals surface area (Å²) in [6.07, 6.45) is 0.997. The smallest absolute Gasteiger partial charge is 0.261 e. The van der Waals surface area contributed by atoms with Crippen molar-refractivity contribution in [1.82, 2.24) is 9.55 Å². The van der Waals surface area contributed by atoms with Crippen molar-refractivity contribution in [3.63, 3.8) is 0 Å². The van der Waals surface area contributed by atoms with Gasteiger partial charge in [-0.3, -0.25) is 9.29 Å². The summed E-state index contributed by atoms with van der Waals surface area (Å²) in [6.45, 7) is 7.36. The first-order chi connectivity index (χ1) is 14.1. The highest BCUT2D eigenvalue weighted by atomic mass is 32.2. The van der Waals surface area contributed by atoms with Crippen LogP contribution in [-0.4, -0.2) is 23.7 Å². The second kappa shape index (κ2) is 9.07.